The van der Waals surface area contributed by atoms with Crippen LogP contribution in [0.3, 0.4) is 0 Å². The Morgan fingerprint density at radius 1 is 0.710 bits per heavy atom. The van der Waals surface area contributed by atoms with Gasteiger partial charge >= 0.3 is 0 Å². The van der Waals surface area contributed by atoms with E-state index in [1.54, 1.807) is 38.0 Å². The fourth-order valence-corrected chi connectivity index (χ4v) is 6.44. The summed E-state index contributed by atoms with van der Waals surface area (Å²) in [5.74, 6) is -0.0175. The maximum atomic E-state index is 12.8. The lowest BCUT2D eigenvalue weighted by molar-refractivity contribution is -0.129. The van der Waals surface area contributed by atoms with Crippen molar-refractivity contribution in [1.29, 1.82) is 0 Å². The molecular formula is C22H24N4O2S3. The molecule has 0 radical (unpaired) electrons. The van der Waals surface area contributed by atoms with Crippen molar-refractivity contribution in [2.24, 2.45) is 0 Å². The van der Waals surface area contributed by atoms with Crippen LogP contribution in [0.25, 0.3) is 0 Å². The van der Waals surface area contributed by atoms with Crippen LogP contribution in [0, 0.1) is 0 Å². The molecule has 0 bridgehead atoms. The molecule has 1 aromatic heterocycles. The number of carbonyl (C=O) groups excluding carboxylic acids is 2. The Bertz CT molecular complexity index is 930. The van der Waals surface area contributed by atoms with Crippen molar-refractivity contribution < 1.29 is 9.59 Å². The second kappa shape index (κ2) is 10.8. The third-order valence-electron chi connectivity index (χ3n) is 4.36. The molecule has 31 heavy (non-hydrogen) atoms. The highest BCUT2D eigenvalue weighted by molar-refractivity contribution is 8.04. The van der Waals surface area contributed by atoms with Crippen molar-refractivity contribution in [2.45, 2.75) is 19.2 Å². The number of benzene rings is 2. The van der Waals surface area contributed by atoms with E-state index in [-0.39, 0.29) is 11.8 Å². The summed E-state index contributed by atoms with van der Waals surface area (Å²) >= 11 is 4.16. The maximum absolute atomic E-state index is 12.8. The molecule has 0 unspecified atom stereocenters. The van der Waals surface area contributed by atoms with E-state index in [4.69, 9.17) is 0 Å². The minimum atomic E-state index is -0.407. The van der Waals surface area contributed by atoms with Crippen LogP contribution in [0.2, 0.25) is 0 Å². The van der Waals surface area contributed by atoms with Crippen LogP contribution >= 0.6 is 34.9 Å². The highest BCUT2D eigenvalue weighted by atomic mass is 32.2. The van der Waals surface area contributed by atoms with Crippen molar-refractivity contribution in [3.8, 4) is 0 Å². The highest BCUT2D eigenvalue weighted by Crippen LogP contribution is 2.43. The second-order valence-corrected chi connectivity index (χ2v) is 10.8. The van der Waals surface area contributed by atoms with Gasteiger partial charge in [-0.2, -0.15) is 0 Å². The molecule has 162 valence electrons. The second-order valence-electron chi connectivity index (χ2n) is 7.12. The van der Waals surface area contributed by atoms with E-state index >= 15 is 0 Å². The van der Waals surface area contributed by atoms with Crippen molar-refractivity contribution >= 4 is 46.7 Å². The molecule has 0 saturated carbocycles. The van der Waals surface area contributed by atoms with Gasteiger partial charge in [0.25, 0.3) is 0 Å². The molecule has 0 N–H and O–H groups in total. The quantitative estimate of drug-likeness (QED) is 0.453. The summed E-state index contributed by atoms with van der Waals surface area (Å²) < 4.78 is 1.38. The normalized spacial score (nSPS) is 12.8. The van der Waals surface area contributed by atoms with Gasteiger partial charge in [0.1, 0.15) is 10.5 Å². The van der Waals surface area contributed by atoms with Gasteiger partial charge in [0, 0.05) is 28.2 Å². The Kier molecular flexibility index (Phi) is 8.11. The zero-order valence-corrected chi connectivity index (χ0v) is 20.2. The average Bonchev–Trinajstić information content (AvgIpc) is 3.23. The van der Waals surface area contributed by atoms with E-state index in [1.807, 2.05) is 60.7 Å². The number of aromatic nitrogens is 2. The Hall–Kier alpha value is -2.36. The van der Waals surface area contributed by atoms with Crippen molar-refractivity contribution in [2.75, 3.05) is 28.2 Å². The minimum Gasteiger partial charge on any atom is -0.348 e. The number of amides is 2. The lowest BCUT2D eigenvalue weighted by atomic mass is 10.1. The standard InChI is InChI=1S/C22H24N4O2S3/c1-25(2)19(27)17(15-11-7-5-8-12-15)29-21-23-24-22(31-21)30-18(20(28)26(3)4)16-13-9-6-10-14-16/h5-14,17-18H,1-4H3/t17-,18-/m1/s1. The van der Waals surface area contributed by atoms with Gasteiger partial charge in [0.15, 0.2) is 8.68 Å². The fourth-order valence-electron chi connectivity index (χ4n) is 2.74. The van der Waals surface area contributed by atoms with E-state index in [0.29, 0.717) is 8.68 Å². The summed E-state index contributed by atoms with van der Waals surface area (Å²) in [6, 6.07) is 19.3. The van der Waals surface area contributed by atoms with Gasteiger partial charge in [0.05, 0.1) is 0 Å². The first-order valence-corrected chi connectivity index (χ1v) is 12.1. The maximum Gasteiger partial charge on any atom is 0.240 e. The number of nitrogens with zero attached hydrogens (tertiary/aromatic N) is 4. The van der Waals surface area contributed by atoms with Gasteiger partial charge in [-0.1, -0.05) is 95.5 Å². The predicted molar refractivity (Wildman–Crippen MR) is 127 cm³/mol. The first-order valence-electron chi connectivity index (χ1n) is 9.56. The van der Waals surface area contributed by atoms with Gasteiger partial charge < -0.3 is 9.80 Å². The predicted octanol–water partition coefficient (Wildman–Crippen LogP) is 4.38. The lowest BCUT2D eigenvalue weighted by Crippen LogP contribution is -2.26. The van der Waals surface area contributed by atoms with Crippen LogP contribution < -0.4 is 0 Å². The zero-order chi connectivity index (χ0) is 22.4. The largest absolute Gasteiger partial charge is 0.348 e. The molecule has 3 rings (SSSR count). The highest BCUT2D eigenvalue weighted by Gasteiger charge is 2.28. The van der Waals surface area contributed by atoms with Gasteiger partial charge in [-0.25, -0.2) is 0 Å². The van der Waals surface area contributed by atoms with Crippen molar-refractivity contribution in [3.05, 3.63) is 71.8 Å². The van der Waals surface area contributed by atoms with Gasteiger partial charge in [0.2, 0.25) is 11.8 Å². The third-order valence-corrected chi connectivity index (χ3v) is 7.94. The van der Waals surface area contributed by atoms with Gasteiger partial charge in [-0.3, -0.25) is 9.59 Å². The Morgan fingerprint density at radius 2 is 1.06 bits per heavy atom. The Morgan fingerprint density at radius 3 is 1.39 bits per heavy atom. The van der Waals surface area contributed by atoms with E-state index in [0.717, 1.165) is 11.1 Å². The Labute approximate surface area is 195 Å². The zero-order valence-electron chi connectivity index (χ0n) is 17.8. The fraction of sp³-hybridized carbons (Fsp3) is 0.273. The van der Waals surface area contributed by atoms with Crippen LogP contribution in [0.15, 0.2) is 69.3 Å². The number of rotatable bonds is 8. The summed E-state index contributed by atoms with van der Waals surface area (Å²) in [5, 5.41) is 7.76. The molecule has 0 saturated heterocycles. The van der Waals surface area contributed by atoms with E-state index < -0.39 is 10.5 Å². The van der Waals surface area contributed by atoms with Crippen LogP contribution in [0.5, 0.6) is 0 Å². The van der Waals surface area contributed by atoms with E-state index in [2.05, 4.69) is 10.2 Å². The van der Waals surface area contributed by atoms with Crippen molar-refractivity contribution in [1.82, 2.24) is 20.0 Å². The Balaban J connectivity index is 1.82. The number of likely N-dealkylation sites (N-methyl/N-ethyl adjacent to an activating group) is 2. The molecular weight excluding hydrogens is 448 g/mol. The molecule has 2 aromatic carbocycles. The summed E-state index contributed by atoms with van der Waals surface area (Å²) in [7, 11) is 6.99. The first kappa shape index (κ1) is 23.3. The van der Waals surface area contributed by atoms with Gasteiger partial charge in [-0.15, -0.1) is 10.2 Å². The van der Waals surface area contributed by atoms with E-state index in [1.165, 1.54) is 34.9 Å². The molecule has 0 aliphatic rings. The summed E-state index contributed by atoms with van der Waals surface area (Å²) in [4.78, 5) is 28.7. The lowest BCUT2D eigenvalue weighted by Gasteiger charge is -2.19. The minimum absolute atomic E-state index is 0.00875. The summed E-state index contributed by atoms with van der Waals surface area (Å²) in [6.07, 6.45) is 0. The van der Waals surface area contributed by atoms with Gasteiger partial charge in [-0.05, 0) is 11.1 Å². The number of thioether (sulfide) groups is 2. The van der Waals surface area contributed by atoms with Crippen LogP contribution in [-0.2, 0) is 9.59 Å². The molecule has 3 aromatic rings. The van der Waals surface area contributed by atoms with Crippen LogP contribution in [0.4, 0.5) is 0 Å². The molecule has 0 fully saturated rings. The number of hydrogen-bond acceptors (Lipinski definition) is 7. The molecule has 6 nitrogen and oxygen atoms in total. The number of carbonyl (C=O) groups is 2. The van der Waals surface area contributed by atoms with Crippen LogP contribution in [-0.4, -0.2) is 60.0 Å². The smallest absolute Gasteiger partial charge is 0.240 e. The molecule has 0 spiro atoms. The molecule has 2 amide bonds. The molecule has 0 aliphatic heterocycles. The molecule has 1 heterocycles. The topological polar surface area (TPSA) is 66.4 Å². The van der Waals surface area contributed by atoms with Crippen molar-refractivity contribution in [3.63, 3.8) is 0 Å². The third kappa shape index (κ3) is 6.09. The summed E-state index contributed by atoms with van der Waals surface area (Å²) in [6.45, 7) is 0. The van der Waals surface area contributed by atoms with E-state index in [9.17, 15) is 9.59 Å². The number of hydrogen-bond donors (Lipinski definition) is 0. The average molecular weight is 473 g/mol. The van der Waals surface area contributed by atoms with Crippen LogP contribution in [0.1, 0.15) is 21.6 Å². The monoisotopic (exact) mass is 472 g/mol. The molecule has 2 atom stereocenters. The molecule has 0 aliphatic carbocycles. The summed E-state index contributed by atoms with van der Waals surface area (Å²) in [5.41, 5.74) is 1.83. The molecule has 9 heteroatoms. The first-order chi connectivity index (χ1) is 14.9. The SMILES string of the molecule is CN(C)C(=O)[C@H](Sc1nnc(S[C@@H](C(=O)N(C)C)c2ccccc2)s1)c1ccccc1.